The van der Waals surface area contributed by atoms with Crippen molar-refractivity contribution in [1.29, 1.82) is 0 Å². The fourth-order valence-electron chi connectivity index (χ4n) is 0.510. The predicted octanol–water partition coefficient (Wildman–Crippen LogP) is 2.94. The predicted molar refractivity (Wildman–Crippen MR) is 53.6 cm³/mol. The molecule has 0 aliphatic carbocycles. The van der Waals surface area contributed by atoms with Crippen LogP contribution in [0.3, 0.4) is 0 Å². The molecule has 0 radical (unpaired) electrons. The lowest BCUT2D eigenvalue weighted by atomic mass is 10.2. The van der Waals surface area contributed by atoms with E-state index in [0.29, 0.717) is 6.42 Å². The molecule has 0 N–H and O–H groups in total. The first-order valence-electron chi connectivity index (χ1n) is 4.42. The molecule has 0 aliphatic heterocycles. The lowest BCUT2D eigenvalue weighted by Crippen LogP contribution is -2.42. The van der Waals surface area contributed by atoms with Crippen molar-refractivity contribution in [2.45, 2.75) is 52.2 Å². The molecule has 0 saturated heterocycles. The highest BCUT2D eigenvalue weighted by Crippen LogP contribution is 2.36. The van der Waals surface area contributed by atoms with E-state index in [2.05, 4.69) is 33.9 Å². The van der Waals surface area contributed by atoms with Gasteiger partial charge >= 0.3 is 0 Å². The Balaban J connectivity index is 4.33. The third-order valence-corrected chi connectivity index (χ3v) is 6.81. The van der Waals surface area contributed by atoms with Gasteiger partial charge in [-0.25, -0.2) is 0 Å². The van der Waals surface area contributed by atoms with Crippen LogP contribution in [0, 0.1) is 0 Å². The second-order valence-corrected chi connectivity index (χ2v) is 9.31. The van der Waals surface area contributed by atoms with Crippen LogP contribution < -0.4 is 0 Å². The van der Waals surface area contributed by atoms with Crippen LogP contribution in [0.15, 0.2) is 0 Å². The molecular weight excluding hydrogens is 168 g/mol. The minimum absolute atomic E-state index is 0.0680. The van der Waals surface area contributed by atoms with Gasteiger partial charge in [0.05, 0.1) is 0 Å². The Labute approximate surface area is 76.4 Å². The second kappa shape index (κ2) is 3.60. The molecule has 0 aromatic rings. The van der Waals surface area contributed by atoms with Gasteiger partial charge < -0.3 is 4.43 Å². The Hall–Kier alpha value is -0.313. The second-order valence-electron chi connectivity index (χ2n) is 4.59. The number of carbonyl (C=O) groups is 1. The molecule has 72 valence electrons. The van der Waals surface area contributed by atoms with Crippen molar-refractivity contribution in [3.63, 3.8) is 0 Å². The van der Waals surface area contributed by atoms with Gasteiger partial charge in [-0.3, -0.25) is 4.79 Å². The molecule has 0 fully saturated rings. The molecule has 0 atom stereocenters. The van der Waals surface area contributed by atoms with Crippen molar-refractivity contribution in [2.75, 3.05) is 0 Å². The minimum atomic E-state index is -1.84. The van der Waals surface area contributed by atoms with E-state index in [4.69, 9.17) is 4.43 Å². The summed E-state index contributed by atoms with van der Waals surface area (Å²) in [6, 6.07) is 0. The SMILES string of the molecule is CCC(=O)O[Si](C)(C)C(C)(C)C. The van der Waals surface area contributed by atoms with E-state index in [0.717, 1.165) is 0 Å². The Kier molecular flexibility index (Phi) is 3.51. The van der Waals surface area contributed by atoms with Crippen LogP contribution >= 0.6 is 0 Å². The average Bonchev–Trinajstić information content (AvgIpc) is 1.84. The molecule has 0 saturated carbocycles. The summed E-state index contributed by atoms with van der Waals surface area (Å²) in [5, 5.41) is 0.123. The molecule has 2 nitrogen and oxygen atoms in total. The van der Waals surface area contributed by atoms with Crippen LogP contribution in [0.4, 0.5) is 0 Å². The highest BCUT2D eigenvalue weighted by Gasteiger charge is 2.39. The largest absolute Gasteiger partial charge is 0.519 e. The van der Waals surface area contributed by atoms with Crippen LogP contribution in [0.1, 0.15) is 34.1 Å². The summed E-state index contributed by atoms with van der Waals surface area (Å²) in [6.45, 7) is 12.4. The fourth-order valence-corrected chi connectivity index (χ4v) is 1.53. The van der Waals surface area contributed by atoms with Crippen LogP contribution in [0.2, 0.25) is 18.1 Å². The topological polar surface area (TPSA) is 26.3 Å². The lowest BCUT2D eigenvalue weighted by Gasteiger charge is -2.35. The molecule has 0 bridgehead atoms. The van der Waals surface area contributed by atoms with Gasteiger partial charge in [0.15, 0.2) is 0 Å². The Bertz CT molecular complexity index is 168. The molecule has 0 heterocycles. The molecule has 0 aliphatic rings. The lowest BCUT2D eigenvalue weighted by molar-refractivity contribution is -0.135. The summed E-state index contributed by atoms with van der Waals surface area (Å²) in [7, 11) is -1.84. The normalized spacial score (nSPS) is 12.8. The Morgan fingerprint density at radius 3 is 2.00 bits per heavy atom. The van der Waals surface area contributed by atoms with Gasteiger partial charge in [0, 0.05) is 6.42 Å². The zero-order chi connectivity index (χ0) is 9.99. The van der Waals surface area contributed by atoms with Gasteiger partial charge in [0.1, 0.15) is 0 Å². The van der Waals surface area contributed by atoms with E-state index in [9.17, 15) is 4.79 Å². The van der Waals surface area contributed by atoms with E-state index in [1.54, 1.807) is 0 Å². The summed E-state index contributed by atoms with van der Waals surface area (Å²) >= 11 is 0. The smallest absolute Gasteiger partial charge is 0.292 e. The van der Waals surface area contributed by atoms with Crippen molar-refractivity contribution in [3.8, 4) is 0 Å². The highest BCUT2D eigenvalue weighted by molar-refractivity contribution is 6.75. The molecule has 0 amide bonds. The molecule has 0 unspecified atom stereocenters. The van der Waals surface area contributed by atoms with Crippen molar-refractivity contribution < 1.29 is 9.22 Å². The molecule has 12 heavy (non-hydrogen) atoms. The maximum Gasteiger partial charge on any atom is 0.292 e. The Morgan fingerprint density at radius 2 is 1.75 bits per heavy atom. The first-order valence-corrected chi connectivity index (χ1v) is 7.33. The van der Waals surface area contributed by atoms with Gasteiger partial charge in [-0.05, 0) is 18.1 Å². The van der Waals surface area contributed by atoms with Gasteiger partial charge in [0.25, 0.3) is 14.3 Å². The summed E-state index contributed by atoms with van der Waals surface area (Å²) in [6.07, 6.45) is 0.479. The molecule has 0 spiro atoms. The molecular formula is C9H20O2Si. The van der Waals surface area contributed by atoms with Crippen LogP contribution in [-0.2, 0) is 9.22 Å². The van der Waals surface area contributed by atoms with Crippen molar-refractivity contribution in [3.05, 3.63) is 0 Å². The molecule has 0 aromatic carbocycles. The molecule has 0 rings (SSSR count). The summed E-state index contributed by atoms with van der Waals surface area (Å²) in [5.74, 6) is -0.0680. The zero-order valence-electron chi connectivity index (χ0n) is 9.02. The van der Waals surface area contributed by atoms with Crippen LogP contribution in [0.25, 0.3) is 0 Å². The van der Waals surface area contributed by atoms with E-state index < -0.39 is 8.32 Å². The van der Waals surface area contributed by atoms with Crippen molar-refractivity contribution >= 4 is 14.3 Å². The summed E-state index contributed by atoms with van der Waals surface area (Å²) in [4.78, 5) is 11.1. The Morgan fingerprint density at radius 1 is 1.33 bits per heavy atom. The van der Waals surface area contributed by atoms with Gasteiger partial charge in [0.2, 0.25) is 0 Å². The quantitative estimate of drug-likeness (QED) is 0.623. The van der Waals surface area contributed by atoms with E-state index >= 15 is 0 Å². The number of rotatable bonds is 2. The number of hydrogen-bond donors (Lipinski definition) is 0. The molecule has 3 heteroatoms. The van der Waals surface area contributed by atoms with Crippen molar-refractivity contribution in [2.24, 2.45) is 0 Å². The molecule has 0 aromatic heterocycles. The first-order chi connectivity index (χ1) is 5.20. The van der Waals surface area contributed by atoms with E-state index in [-0.39, 0.29) is 11.0 Å². The monoisotopic (exact) mass is 188 g/mol. The minimum Gasteiger partial charge on any atom is -0.519 e. The maximum absolute atomic E-state index is 11.1. The fraction of sp³-hybridized carbons (Fsp3) is 0.889. The van der Waals surface area contributed by atoms with Gasteiger partial charge in [-0.1, -0.05) is 27.7 Å². The zero-order valence-corrected chi connectivity index (χ0v) is 10.0. The first kappa shape index (κ1) is 11.7. The average molecular weight is 188 g/mol. The van der Waals surface area contributed by atoms with Crippen LogP contribution in [0.5, 0.6) is 0 Å². The number of carbonyl (C=O) groups excluding carboxylic acids is 1. The van der Waals surface area contributed by atoms with Gasteiger partial charge in [-0.15, -0.1) is 0 Å². The van der Waals surface area contributed by atoms with E-state index in [1.807, 2.05) is 6.92 Å². The highest BCUT2D eigenvalue weighted by atomic mass is 28.4. The third-order valence-electron chi connectivity index (χ3n) is 2.46. The summed E-state index contributed by atoms with van der Waals surface area (Å²) in [5.41, 5.74) is 0. The maximum atomic E-state index is 11.1. The number of hydrogen-bond acceptors (Lipinski definition) is 2. The standard InChI is InChI=1S/C9H20O2Si/c1-7-8(10)11-12(5,6)9(2,3)4/h7H2,1-6H3. The third kappa shape index (κ3) is 2.97. The van der Waals surface area contributed by atoms with Crippen molar-refractivity contribution in [1.82, 2.24) is 0 Å². The van der Waals surface area contributed by atoms with E-state index in [1.165, 1.54) is 0 Å². The summed E-state index contributed by atoms with van der Waals surface area (Å²) < 4.78 is 5.45. The van der Waals surface area contributed by atoms with Gasteiger partial charge in [-0.2, -0.15) is 0 Å². The van der Waals surface area contributed by atoms with Crippen LogP contribution in [-0.4, -0.2) is 14.3 Å².